The second-order valence-corrected chi connectivity index (χ2v) is 8.45. The monoisotopic (exact) mass is 495 g/mol. The van der Waals surface area contributed by atoms with E-state index in [-0.39, 0.29) is 28.5 Å². The molecular weight excluding hydrogens is 478 g/mol. The minimum atomic E-state index is -1.14. The first kappa shape index (κ1) is 23.4. The Balaban J connectivity index is 1.69. The molecule has 0 saturated heterocycles. The molecule has 2 aromatic carbocycles. The van der Waals surface area contributed by atoms with Gasteiger partial charge in [-0.2, -0.15) is 0 Å². The van der Waals surface area contributed by atoms with Crippen LogP contribution in [0.1, 0.15) is 23.0 Å². The Labute approximate surface area is 204 Å². The summed E-state index contributed by atoms with van der Waals surface area (Å²) in [6, 6.07) is 17.0. The number of carboxylic acids is 1. The number of aliphatic imine (C=N–C) groups is 1. The first-order chi connectivity index (χ1) is 16.4. The van der Waals surface area contributed by atoms with Gasteiger partial charge in [-0.15, -0.1) is 0 Å². The van der Waals surface area contributed by atoms with Gasteiger partial charge in [0.1, 0.15) is 27.9 Å². The highest BCUT2D eigenvalue weighted by molar-refractivity contribution is 8.18. The summed E-state index contributed by atoms with van der Waals surface area (Å²) >= 11 is 7.06. The van der Waals surface area contributed by atoms with Gasteiger partial charge in [0.05, 0.1) is 27.8 Å². The fraction of sp³-hybridized carbons (Fsp3) is 0.0800. The highest BCUT2D eigenvalue weighted by Crippen LogP contribution is 2.40. The Hall–Kier alpha value is -3.75. The Morgan fingerprint density at radius 1 is 1.15 bits per heavy atom. The number of aliphatic hydroxyl groups is 1. The summed E-state index contributed by atoms with van der Waals surface area (Å²) in [6.45, 7) is 1.83. The predicted molar refractivity (Wildman–Crippen MR) is 132 cm³/mol. The number of hydrogen-bond donors (Lipinski definition) is 2. The van der Waals surface area contributed by atoms with Gasteiger partial charge in [0.25, 0.3) is 0 Å². The molecule has 9 heteroatoms. The maximum Gasteiger partial charge on any atom is 0.344 e. The van der Waals surface area contributed by atoms with Gasteiger partial charge in [-0.05, 0) is 55.5 Å². The molecule has 3 aromatic rings. The number of aromatic carboxylic acids is 1. The molecule has 0 radical (unpaired) electrons. The third-order valence-corrected chi connectivity index (χ3v) is 6.09. The number of furan rings is 1. The first-order valence-corrected chi connectivity index (χ1v) is 11.3. The molecule has 1 aliphatic rings. The minimum Gasteiger partial charge on any atom is -0.506 e. The van der Waals surface area contributed by atoms with E-state index >= 15 is 0 Å². The van der Waals surface area contributed by atoms with Gasteiger partial charge in [-0.25, -0.2) is 14.6 Å². The van der Waals surface area contributed by atoms with Crippen molar-refractivity contribution in [1.29, 1.82) is 0 Å². The smallest absolute Gasteiger partial charge is 0.344 e. The van der Waals surface area contributed by atoms with Crippen LogP contribution in [-0.4, -0.2) is 33.8 Å². The van der Waals surface area contributed by atoms with Gasteiger partial charge in [0.2, 0.25) is 0 Å². The fourth-order valence-electron chi connectivity index (χ4n) is 3.17. The summed E-state index contributed by atoms with van der Waals surface area (Å²) in [5.74, 6) is -1.26. The van der Waals surface area contributed by atoms with Crippen LogP contribution in [0.15, 0.2) is 86.3 Å². The van der Waals surface area contributed by atoms with Gasteiger partial charge in [0, 0.05) is 5.56 Å². The van der Waals surface area contributed by atoms with Crippen molar-refractivity contribution in [1.82, 2.24) is 0 Å². The molecule has 1 aliphatic heterocycles. The summed E-state index contributed by atoms with van der Waals surface area (Å²) in [6.07, 6.45) is 1.57. The number of carbonyl (C=O) groups is 2. The average molecular weight is 496 g/mol. The van der Waals surface area contributed by atoms with Gasteiger partial charge in [-0.1, -0.05) is 41.6 Å². The molecule has 0 unspecified atom stereocenters. The van der Waals surface area contributed by atoms with Crippen molar-refractivity contribution in [2.24, 2.45) is 4.99 Å². The van der Waals surface area contributed by atoms with Crippen LogP contribution in [0.5, 0.6) is 0 Å². The van der Waals surface area contributed by atoms with Crippen molar-refractivity contribution in [3.05, 3.63) is 93.2 Å². The molecule has 172 valence electrons. The van der Waals surface area contributed by atoms with Crippen LogP contribution in [0.2, 0.25) is 5.02 Å². The van der Waals surface area contributed by atoms with Crippen molar-refractivity contribution in [3.63, 3.8) is 0 Å². The first-order valence-electron chi connectivity index (χ1n) is 10.1. The molecule has 0 fully saturated rings. The van der Waals surface area contributed by atoms with Crippen LogP contribution < -0.4 is 0 Å². The summed E-state index contributed by atoms with van der Waals surface area (Å²) in [4.78, 5) is 28.7. The SMILES string of the molecule is CCOC(=O)C1=C(O)/C(=C/c2ccc(-c3ccc(Cl)c(C(=O)O)c3)o2)SC1=Nc1ccccc1. The average Bonchev–Trinajstić information content (AvgIpc) is 3.39. The molecule has 0 atom stereocenters. The molecular formula is C25H18ClNO6S. The van der Waals surface area contributed by atoms with Crippen molar-refractivity contribution < 1.29 is 29.0 Å². The zero-order valence-electron chi connectivity index (χ0n) is 17.8. The third kappa shape index (κ3) is 4.93. The highest BCUT2D eigenvalue weighted by Gasteiger charge is 2.33. The van der Waals surface area contributed by atoms with E-state index < -0.39 is 11.9 Å². The zero-order chi connectivity index (χ0) is 24.2. The number of esters is 1. The van der Waals surface area contributed by atoms with Crippen LogP contribution in [0.25, 0.3) is 17.4 Å². The van der Waals surface area contributed by atoms with Crippen molar-refractivity contribution in [2.75, 3.05) is 6.61 Å². The second kappa shape index (κ2) is 10.0. The van der Waals surface area contributed by atoms with Crippen LogP contribution in [0.4, 0.5) is 5.69 Å². The number of hydrogen-bond acceptors (Lipinski definition) is 7. The topological polar surface area (TPSA) is 109 Å². The lowest BCUT2D eigenvalue weighted by molar-refractivity contribution is -0.138. The molecule has 2 heterocycles. The third-order valence-electron chi connectivity index (χ3n) is 4.74. The lowest BCUT2D eigenvalue weighted by Crippen LogP contribution is -2.12. The number of carbonyl (C=O) groups excluding carboxylic acids is 1. The van der Waals surface area contributed by atoms with Crippen LogP contribution in [0, 0.1) is 0 Å². The molecule has 0 saturated carbocycles. The lowest BCUT2D eigenvalue weighted by Gasteiger charge is -2.03. The minimum absolute atomic E-state index is 0.0162. The normalized spacial score (nSPS) is 15.8. The van der Waals surface area contributed by atoms with Gasteiger partial charge in [0.15, 0.2) is 0 Å². The second-order valence-electron chi connectivity index (χ2n) is 7.01. The van der Waals surface area contributed by atoms with Gasteiger partial charge < -0.3 is 19.4 Å². The van der Waals surface area contributed by atoms with Crippen molar-refractivity contribution in [2.45, 2.75) is 6.92 Å². The number of nitrogens with zero attached hydrogens (tertiary/aromatic N) is 1. The Bertz CT molecular complexity index is 1360. The predicted octanol–water partition coefficient (Wildman–Crippen LogP) is 6.49. The molecule has 2 N–H and O–H groups in total. The zero-order valence-corrected chi connectivity index (χ0v) is 19.4. The summed E-state index contributed by atoms with van der Waals surface area (Å²) in [7, 11) is 0. The largest absolute Gasteiger partial charge is 0.506 e. The highest BCUT2D eigenvalue weighted by atomic mass is 35.5. The molecule has 4 rings (SSSR count). The summed E-state index contributed by atoms with van der Waals surface area (Å²) in [5.41, 5.74) is 1.10. The number of para-hydroxylation sites is 1. The number of halogens is 1. The molecule has 0 aliphatic carbocycles. The summed E-state index contributed by atoms with van der Waals surface area (Å²) < 4.78 is 10.9. The number of aliphatic hydroxyl groups excluding tert-OH is 1. The van der Waals surface area contributed by atoms with E-state index in [1.807, 2.05) is 18.2 Å². The Morgan fingerprint density at radius 2 is 1.91 bits per heavy atom. The molecule has 0 amide bonds. The molecule has 34 heavy (non-hydrogen) atoms. The van der Waals surface area contributed by atoms with Crippen LogP contribution in [-0.2, 0) is 9.53 Å². The van der Waals surface area contributed by atoms with Gasteiger partial charge >= 0.3 is 11.9 Å². The summed E-state index contributed by atoms with van der Waals surface area (Å²) in [5, 5.41) is 20.5. The number of rotatable bonds is 6. The Kier molecular flexibility index (Phi) is 6.90. The lowest BCUT2D eigenvalue weighted by atomic mass is 10.1. The van der Waals surface area contributed by atoms with E-state index in [2.05, 4.69) is 4.99 Å². The number of benzene rings is 2. The quantitative estimate of drug-likeness (QED) is 0.376. The van der Waals surface area contributed by atoms with Crippen LogP contribution in [0.3, 0.4) is 0 Å². The number of thioether (sulfide) groups is 1. The van der Waals surface area contributed by atoms with Gasteiger partial charge in [-0.3, -0.25) is 0 Å². The van der Waals surface area contributed by atoms with Crippen LogP contribution >= 0.6 is 23.4 Å². The molecule has 0 spiro atoms. The van der Waals surface area contributed by atoms with E-state index in [1.165, 1.54) is 12.1 Å². The van der Waals surface area contributed by atoms with Crippen molar-refractivity contribution >= 4 is 52.1 Å². The number of carboxylic acid groups (broad SMARTS) is 1. The molecule has 1 aromatic heterocycles. The maximum atomic E-state index is 12.5. The van der Waals surface area contributed by atoms with E-state index in [9.17, 15) is 19.8 Å². The fourth-order valence-corrected chi connectivity index (χ4v) is 4.38. The van der Waals surface area contributed by atoms with E-state index in [4.69, 9.17) is 20.8 Å². The van der Waals surface area contributed by atoms with E-state index in [0.717, 1.165) is 11.8 Å². The van der Waals surface area contributed by atoms with Crippen molar-refractivity contribution in [3.8, 4) is 11.3 Å². The molecule has 7 nitrogen and oxygen atoms in total. The van der Waals surface area contributed by atoms with E-state index in [1.54, 1.807) is 43.3 Å². The standard InChI is InChI=1S/C25H18ClNO6S/c1-2-32-25(31)21-22(28)20(34-23(21)27-15-6-4-3-5-7-15)13-16-9-11-19(33-16)14-8-10-18(26)17(12-14)24(29)30/h3-13,28H,2H2,1H3,(H,29,30)/b20-13-,27-23?. The Morgan fingerprint density at radius 3 is 2.62 bits per heavy atom. The van der Waals surface area contributed by atoms with E-state index in [0.29, 0.717) is 32.7 Å². The number of ether oxygens (including phenoxy) is 1. The molecule has 0 bridgehead atoms. The maximum absolute atomic E-state index is 12.5.